The SMILES string of the molecule is CCCCOc1ccccc1C(=O)NC[C@H](c1cccs1)N1CCOCC1. The van der Waals surface area contributed by atoms with Crippen LogP contribution in [-0.4, -0.2) is 50.3 Å². The highest BCUT2D eigenvalue weighted by Gasteiger charge is 2.24. The van der Waals surface area contributed by atoms with Crippen LogP contribution in [0, 0.1) is 0 Å². The van der Waals surface area contributed by atoms with E-state index in [1.807, 2.05) is 24.3 Å². The molecule has 1 fully saturated rings. The molecule has 1 aliphatic rings. The fraction of sp³-hybridized carbons (Fsp3) is 0.476. The van der Waals surface area contributed by atoms with Crippen LogP contribution in [0.5, 0.6) is 5.75 Å². The largest absolute Gasteiger partial charge is 0.493 e. The van der Waals surface area contributed by atoms with Gasteiger partial charge in [-0.2, -0.15) is 0 Å². The zero-order chi connectivity index (χ0) is 18.9. The molecule has 1 saturated heterocycles. The molecule has 2 aromatic rings. The Hall–Kier alpha value is -1.89. The normalized spacial score (nSPS) is 16.0. The monoisotopic (exact) mass is 388 g/mol. The van der Waals surface area contributed by atoms with Crippen molar-refractivity contribution in [2.24, 2.45) is 0 Å². The molecule has 6 heteroatoms. The van der Waals surface area contributed by atoms with Gasteiger partial charge in [0.25, 0.3) is 5.91 Å². The molecule has 27 heavy (non-hydrogen) atoms. The van der Waals surface area contributed by atoms with Gasteiger partial charge in [0.15, 0.2) is 0 Å². The Morgan fingerprint density at radius 3 is 2.81 bits per heavy atom. The molecule has 3 rings (SSSR count). The Morgan fingerprint density at radius 1 is 1.26 bits per heavy atom. The van der Waals surface area contributed by atoms with Gasteiger partial charge in [-0.25, -0.2) is 0 Å². The molecular formula is C21H28N2O3S. The molecule has 0 radical (unpaired) electrons. The number of hydrogen-bond donors (Lipinski definition) is 1. The second-order valence-electron chi connectivity index (χ2n) is 6.59. The van der Waals surface area contributed by atoms with Crippen molar-refractivity contribution in [1.29, 1.82) is 0 Å². The highest BCUT2D eigenvalue weighted by Crippen LogP contribution is 2.26. The van der Waals surface area contributed by atoms with Crippen LogP contribution >= 0.6 is 11.3 Å². The van der Waals surface area contributed by atoms with Crippen molar-refractivity contribution in [1.82, 2.24) is 10.2 Å². The van der Waals surface area contributed by atoms with Crippen LogP contribution in [0.3, 0.4) is 0 Å². The first kappa shape index (κ1) is 19.9. The van der Waals surface area contributed by atoms with Crippen molar-refractivity contribution in [3.63, 3.8) is 0 Å². The number of ether oxygens (including phenoxy) is 2. The van der Waals surface area contributed by atoms with E-state index in [4.69, 9.17) is 9.47 Å². The summed E-state index contributed by atoms with van der Waals surface area (Å²) in [5, 5.41) is 5.21. The summed E-state index contributed by atoms with van der Waals surface area (Å²) in [5.74, 6) is 0.569. The number of benzene rings is 1. The zero-order valence-corrected chi connectivity index (χ0v) is 16.7. The van der Waals surface area contributed by atoms with Crippen LogP contribution in [-0.2, 0) is 4.74 Å². The molecule has 1 atom stereocenters. The van der Waals surface area contributed by atoms with E-state index in [1.165, 1.54) is 4.88 Å². The molecule has 2 heterocycles. The number of amides is 1. The summed E-state index contributed by atoms with van der Waals surface area (Å²) in [6.07, 6.45) is 2.05. The lowest BCUT2D eigenvalue weighted by atomic mass is 10.1. The molecule has 0 aliphatic carbocycles. The number of rotatable bonds is 9. The summed E-state index contributed by atoms with van der Waals surface area (Å²) < 4.78 is 11.3. The fourth-order valence-electron chi connectivity index (χ4n) is 3.17. The average Bonchev–Trinajstić information content (AvgIpc) is 3.24. The number of carbonyl (C=O) groups is 1. The van der Waals surface area contributed by atoms with E-state index < -0.39 is 0 Å². The Bertz CT molecular complexity index is 699. The van der Waals surface area contributed by atoms with Gasteiger partial charge in [-0.05, 0) is 30.0 Å². The van der Waals surface area contributed by atoms with Crippen molar-refractivity contribution in [3.05, 3.63) is 52.2 Å². The van der Waals surface area contributed by atoms with E-state index in [-0.39, 0.29) is 11.9 Å². The average molecular weight is 389 g/mol. The lowest BCUT2D eigenvalue weighted by Crippen LogP contribution is -2.43. The van der Waals surface area contributed by atoms with Crippen molar-refractivity contribution in [3.8, 4) is 5.75 Å². The van der Waals surface area contributed by atoms with E-state index in [0.717, 1.165) is 39.1 Å². The Labute approximate surface area is 165 Å². The fourth-order valence-corrected chi connectivity index (χ4v) is 4.03. The lowest BCUT2D eigenvalue weighted by molar-refractivity contribution is 0.0169. The van der Waals surface area contributed by atoms with Crippen LogP contribution < -0.4 is 10.1 Å². The van der Waals surface area contributed by atoms with E-state index in [1.54, 1.807) is 11.3 Å². The first-order valence-electron chi connectivity index (χ1n) is 9.65. The van der Waals surface area contributed by atoms with Gasteiger partial charge < -0.3 is 14.8 Å². The molecule has 0 spiro atoms. The third-order valence-electron chi connectivity index (χ3n) is 4.70. The summed E-state index contributed by atoms with van der Waals surface area (Å²) in [7, 11) is 0. The third-order valence-corrected chi connectivity index (χ3v) is 5.67. The number of hydrogen-bond acceptors (Lipinski definition) is 5. The van der Waals surface area contributed by atoms with Gasteiger partial charge in [0.2, 0.25) is 0 Å². The minimum Gasteiger partial charge on any atom is -0.493 e. The summed E-state index contributed by atoms with van der Waals surface area (Å²) in [5.41, 5.74) is 0.598. The maximum atomic E-state index is 12.8. The van der Waals surface area contributed by atoms with Crippen LogP contribution in [0.1, 0.15) is 41.0 Å². The summed E-state index contributed by atoms with van der Waals surface area (Å²) >= 11 is 1.73. The van der Waals surface area contributed by atoms with Gasteiger partial charge >= 0.3 is 0 Å². The number of unbranched alkanes of at least 4 members (excludes halogenated alkanes) is 1. The van der Waals surface area contributed by atoms with Crippen molar-refractivity contribution in [2.45, 2.75) is 25.8 Å². The summed E-state index contributed by atoms with van der Waals surface area (Å²) in [4.78, 5) is 16.5. The molecule has 0 unspecified atom stereocenters. The minimum atomic E-state index is -0.0862. The number of morpholine rings is 1. The smallest absolute Gasteiger partial charge is 0.255 e. The molecule has 0 saturated carbocycles. The predicted molar refractivity (Wildman–Crippen MR) is 109 cm³/mol. The van der Waals surface area contributed by atoms with Gasteiger partial charge in [0.05, 0.1) is 31.4 Å². The van der Waals surface area contributed by atoms with E-state index in [2.05, 4.69) is 34.7 Å². The number of carbonyl (C=O) groups excluding carboxylic acids is 1. The van der Waals surface area contributed by atoms with Gasteiger partial charge in [-0.15, -0.1) is 11.3 Å². The van der Waals surface area contributed by atoms with E-state index in [0.29, 0.717) is 24.5 Å². The molecule has 1 N–H and O–H groups in total. The third kappa shape index (κ3) is 5.54. The van der Waals surface area contributed by atoms with Crippen molar-refractivity contribution >= 4 is 17.2 Å². The van der Waals surface area contributed by atoms with Crippen molar-refractivity contribution in [2.75, 3.05) is 39.5 Å². The quantitative estimate of drug-likeness (QED) is 0.665. The summed E-state index contributed by atoms with van der Waals surface area (Å²) in [6.45, 7) is 6.57. The Kier molecular flexibility index (Phi) is 7.68. The van der Waals surface area contributed by atoms with Crippen LogP contribution in [0.2, 0.25) is 0 Å². The number of para-hydroxylation sites is 1. The van der Waals surface area contributed by atoms with Gasteiger partial charge in [0, 0.05) is 24.5 Å². The molecule has 1 amide bonds. The van der Waals surface area contributed by atoms with Gasteiger partial charge in [0.1, 0.15) is 5.75 Å². The first-order chi connectivity index (χ1) is 13.3. The standard InChI is InChI=1S/C21H28N2O3S/c1-2-3-12-26-19-8-5-4-7-17(19)21(24)22-16-18(20-9-6-15-27-20)23-10-13-25-14-11-23/h4-9,15,18H,2-3,10-14,16H2,1H3,(H,22,24)/t18-/m1/s1. The summed E-state index contributed by atoms with van der Waals surface area (Å²) in [6, 6.07) is 11.8. The Morgan fingerprint density at radius 2 is 2.07 bits per heavy atom. The molecule has 1 aromatic heterocycles. The number of thiophene rings is 1. The topological polar surface area (TPSA) is 50.8 Å². The molecule has 1 aliphatic heterocycles. The second kappa shape index (κ2) is 10.4. The molecular weight excluding hydrogens is 360 g/mol. The van der Waals surface area contributed by atoms with Gasteiger partial charge in [-0.3, -0.25) is 9.69 Å². The predicted octanol–water partition coefficient (Wildman–Crippen LogP) is 3.73. The molecule has 0 bridgehead atoms. The number of nitrogens with one attached hydrogen (secondary N) is 1. The maximum absolute atomic E-state index is 12.8. The van der Waals surface area contributed by atoms with Gasteiger partial charge in [-0.1, -0.05) is 31.5 Å². The number of nitrogens with zero attached hydrogens (tertiary/aromatic N) is 1. The van der Waals surface area contributed by atoms with Crippen LogP contribution in [0.15, 0.2) is 41.8 Å². The minimum absolute atomic E-state index is 0.0862. The highest BCUT2D eigenvalue weighted by molar-refractivity contribution is 7.10. The first-order valence-corrected chi connectivity index (χ1v) is 10.5. The molecule has 5 nitrogen and oxygen atoms in total. The zero-order valence-electron chi connectivity index (χ0n) is 15.9. The van der Waals surface area contributed by atoms with Crippen LogP contribution in [0.25, 0.3) is 0 Å². The molecule has 146 valence electrons. The maximum Gasteiger partial charge on any atom is 0.255 e. The van der Waals surface area contributed by atoms with Crippen molar-refractivity contribution < 1.29 is 14.3 Å². The van der Waals surface area contributed by atoms with E-state index >= 15 is 0 Å². The second-order valence-corrected chi connectivity index (χ2v) is 7.57. The lowest BCUT2D eigenvalue weighted by Gasteiger charge is -2.34. The van der Waals surface area contributed by atoms with Crippen LogP contribution in [0.4, 0.5) is 0 Å². The Balaban J connectivity index is 1.65. The molecule has 1 aromatic carbocycles. The van der Waals surface area contributed by atoms with E-state index in [9.17, 15) is 4.79 Å². The highest BCUT2D eigenvalue weighted by atomic mass is 32.1.